The first-order valence-corrected chi connectivity index (χ1v) is 11.8. The summed E-state index contributed by atoms with van der Waals surface area (Å²) in [5.41, 5.74) is 5.23. The molecule has 1 saturated carbocycles. The molecule has 3 aliphatic heterocycles. The van der Waals surface area contributed by atoms with E-state index in [1.54, 1.807) is 6.82 Å². The Kier molecular flexibility index (Phi) is 3.87. The van der Waals surface area contributed by atoms with Crippen LogP contribution in [0.4, 0.5) is 5.69 Å². The summed E-state index contributed by atoms with van der Waals surface area (Å²) in [5.74, 6) is 2.33. The molecule has 3 unspecified atom stereocenters. The van der Waals surface area contributed by atoms with E-state index in [0.29, 0.717) is 11.8 Å². The van der Waals surface area contributed by atoms with E-state index in [4.69, 9.17) is 4.74 Å². The normalized spacial score (nSPS) is 26.8. The molecular formula is C27H25BN2O3. The number of rotatable bonds is 1. The van der Waals surface area contributed by atoms with Gasteiger partial charge in [0.25, 0.3) is 0 Å². The second-order valence-electron chi connectivity index (χ2n) is 9.88. The molecule has 3 aromatic rings. The largest absolute Gasteiger partial charge is 0.492 e. The second-order valence-corrected chi connectivity index (χ2v) is 9.88. The summed E-state index contributed by atoms with van der Waals surface area (Å²) in [6.45, 7) is 4.44. The average molecular weight is 436 g/mol. The smallest absolute Gasteiger partial charge is 0.409 e. The van der Waals surface area contributed by atoms with Crippen molar-refractivity contribution in [2.24, 2.45) is 11.3 Å². The maximum absolute atomic E-state index is 12.7. The maximum atomic E-state index is 12.7. The van der Waals surface area contributed by atoms with Crippen LogP contribution in [-0.4, -0.2) is 42.4 Å². The summed E-state index contributed by atoms with van der Waals surface area (Å²) in [4.78, 5) is 14.7. The van der Waals surface area contributed by atoms with E-state index < -0.39 is 7.05 Å². The first-order chi connectivity index (χ1) is 16.1. The minimum atomic E-state index is -0.515. The third-order valence-corrected chi connectivity index (χ3v) is 8.06. The Bertz CT molecular complexity index is 1370. The molecule has 0 amide bonds. The molecule has 33 heavy (non-hydrogen) atoms. The number of ketones is 1. The third-order valence-electron chi connectivity index (χ3n) is 8.06. The fourth-order valence-electron chi connectivity index (χ4n) is 6.33. The molecule has 5 aliphatic rings. The Labute approximate surface area is 193 Å². The summed E-state index contributed by atoms with van der Waals surface area (Å²) >= 11 is 0. The first kappa shape index (κ1) is 19.2. The highest BCUT2D eigenvalue weighted by atomic mass is 16.5. The lowest BCUT2D eigenvalue weighted by Crippen LogP contribution is -2.38. The lowest BCUT2D eigenvalue weighted by molar-refractivity contribution is 0.0915. The van der Waals surface area contributed by atoms with E-state index in [0.717, 1.165) is 48.7 Å². The van der Waals surface area contributed by atoms with Gasteiger partial charge in [-0.2, -0.15) is 0 Å². The van der Waals surface area contributed by atoms with Crippen LogP contribution in [-0.2, 0) is 0 Å². The van der Waals surface area contributed by atoms with Crippen molar-refractivity contribution >= 4 is 35.4 Å². The zero-order valence-corrected chi connectivity index (χ0v) is 18.5. The molecule has 3 aromatic carbocycles. The number of hydrogen-bond acceptors (Lipinski definition) is 5. The number of hydrogen-bond donors (Lipinski definition) is 2. The van der Waals surface area contributed by atoms with Gasteiger partial charge in [0, 0.05) is 46.9 Å². The molecule has 0 bridgehead atoms. The van der Waals surface area contributed by atoms with Gasteiger partial charge >= 0.3 is 7.05 Å². The summed E-state index contributed by atoms with van der Waals surface area (Å²) in [5, 5.41) is 15.8. The Hall–Kier alpha value is -3.25. The van der Waals surface area contributed by atoms with Gasteiger partial charge in [0.2, 0.25) is 0 Å². The Morgan fingerprint density at radius 2 is 2.00 bits per heavy atom. The van der Waals surface area contributed by atoms with Crippen LogP contribution in [0.5, 0.6) is 5.75 Å². The van der Waals surface area contributed by atoms with Crippen LogP contribution >= 0.6 is 0 Å². The molecule has 0 radical (unpaired) electrons. The molecule has 1 saturated heterocycles. The molecule has 3 atom stereocenters. The number of carbonyl (C=O) groups is 1. The number of piperidine rings is 1. The van der Waals surface area contributed by atoms with Gasteiger partial charge in [-0.15, -0.1) is 0 Å². The van der Waals surface area contributed by atoms with Gasteiger partial charge in [0.1, 0.15) is 5.75 Å². The minimum Gasteiger partial charge on any atom is -0.492 e. The van der Waals surface area contributed by atoms with Gasteiger partial charge < -0.3 is 19.9 Å². The number of allylic oxidation sites excluding steroid dienone is 1. The molecule has 0 aromatic heterocycles. The Morgan fingerprint density at radius 1 is 1.18 bits per heavy atom. The zero-order chi connectivity index (χ0) is 22.3. The number of fused-ring (bicyclic) bond motifs is 3. The molecule has 3 heterocycles. The van der Waals surface area contributed by atoms with E-state index in [-0.39, 0.29) is 11.2 Å². The summed E-state index contributed by atoms with van der Waals surface area (Å²) < 4.78 is 5.82. The van der Waals surface area contributed by atoms with Crippen molar-refractivity contribution in [3.8, 4) is 5.75 Å². The third kappa shape index (κ3) is 2.56. The van der Waals surface area contributed by atoms with Crippen LogP contribution in [0.25, 0.3) is 16.8 Å². The van der Waals surface area contributed by atoms with Crippen molar-refractivity contribution in [1.29, 1.82) is 0 Å². The van der Waals surface area contributed by atoms with Gasteiger partial charge in [-0.05, 0) is 42.3 Å². The van der Waals surface area contributed by atoms with Crippen LogP contribution in [0.1, 0.15) is 33.8 Å². The molecule has 2 N–H and O–H groups in total. The fourth-order valence-corrected chi connectivity index (χ4v) is 6.33. The topological polar surface area (TPSA) is 61.8 Å². The quantitative estimate of drug-likeness (QED) is 0.554. The van der Waals surface area contributed by atoms with E-state index in [2.05, 4.69) is 41.7 Å². The second kappa shape index (κ2) is 6.64. The maximum Gasteiger partial charge on any atom is 0.409 e. The summed E-state index contributed by atoms with van der Waals surface area (Å²) in [6, 6.07) is 18.4. The highest BCUT2D eigenvalue weighted by molar-refractivity contribution is 6.46. The number of benzene rings is 3. The van der Waals surface area contributed by atoms with E-state index >= 15 is 0 Å². The van der Waals surface area contributed by atoms with Gasteiger partial charge in [0.15, 0.2) is 5.78 Å². The van der Waals surface area contributed by atoms with Gasteiger partial charge in [-0.1, -0.05) is 48.5 Å². The molecule has 8 rings (SSSR count). The fraction of sp³-hybridized carbons (Fsp3) is 0.296. The molecule has 6 heteroatoms. The zero-order valence-electron chi connectivity index (χ0n) is 18.5. The molecule has 2 fully saturated rings. The van der Waals surface area contributed by atoms with Crippen LogP contribution in [0.15, 0.2) is 60.3 Å². The van der Waals surface area contributed by atoms with E-state index in [1.807, 2.05) is 29.1 Å². The van der Waals surface area contributed by atoms with E-state index in [1.165, 1.54) is 22.0 Å². The lowest BCUT2D eigenvalue weighted by Gasteiger charge is -2.30. The van der Waals surface area contributed by atoms with Crippen molar-refractivity contribution in [2.45, 2.75) is 19.2 Å². The van der Waals surface area contributed by atoms with Crippen LogP contribution < -0.4 is 10.1 Å². The SMILES string of the molecule is CB(O)N1CC2CC23C(=O)c2ccccc2C=C13.c1ccc2c3c4c(cc2c1)NCC4CO3. The number of nitrogens with one attached hydrogen (secondary N) is 1. The summed E-state index contributed by atoms with van der Waals surface area (Å²) in [7, 11) is -0.515. The van der Waals surface area contributed by atoms with Crippen LogP contribution in [0.3, 0.4) is 0 Å². The lowest BCUT2D eigenvalue weighted by atomic mass is 9.78. The number of carbonyl (C=O) groups excluding carboxylic acids is 1. The van der Waals surface area contributed by atoms with Crippen molar-refractivity contribution < 1.29 is 14.6 Å². The van der Waals surface area contributed by atoms with E-state index in [9.17, 15) is 9.82 Å². The molecule has 1 spiro atoms. The van der Waals surface area contributed by atoms with Crippen LogP contribution in [0.2, 0.25) is 6.82 Å². The number of anilines is 1. The highest BCUT2D eigenvalue weighted by Gasteiger charge is 2.69. The van der Waals surface area contributed by atoms with Crippen molar-refractivity contribution in [1.82, 2.24) is 4.81 Å². The highest BCUT2D eigenvalue weighted by Crippen LogP contribution is 2.67. The minimum absolute atomic E-state index is 0.253. The first-order valence-electron chi connectivity index (χ1n) is 11.8. The van der Waals surface area contributed by atoms with Gasteiger partial charge in [0.05, 0.1) is 12.0 Å². The molecule has 164 valence electrons. The molecule has 5 nitrogen and oxygen atoms in total. The van der Waals surface area contributed by atoms with Gasteiger partial charge in [-0.25, -0.2) is 0 Å². The Balaban J connectivity index is 0.000000117. The number of Topliss-reactive ketones (excluding diaryl/α,β-unsaturated/α-hetero) is 1. The van der Waals surface area contributed by atoms with Crippen molar-refractivity contribution in [3.05, 3.63) is 77.0 Å². The molecule has 2 aliphatic carbocycles. The Morgan fingerprint density at radius 3 is 2.88 bits per heavy atom. The standard InChI is InChI=1S/C14H14BNO2.C13H11NO/c1-15(18)16-8-10-7-14(10)12(16)6-9-4-2-3-5-11(9)13(14)17;1-2-4-10-8(3-1)5-11-12-9(6-14-11)7-15-13(10)12/h2-6,10,18H,7-8H2,1H3;1-5,9,14H,6-7H2. The van der Waals surface area contributed by atoms with Crippen molar-refractivity contribution in [3.63, 3.8) is 0 Å². The predicted octanol–water partition coefficient (Wildman–Crippen LogP) is 4.40. The number of nitrogens with zero attached hydrogens (tertiary/aromatic N) is 1. The predicted molar refractivity (Wildman–Crippen MR) is 131 cm³/mol. The molecular weight excluding hydrogens is 411 g/mol. The van der Waals surface area contributed by atoms with Gasteiger partial charge in [-0.3, -0.25) is 4.79 Å². The summed E-state index contributed by atoms with van der Waals surface area (Å²) in [6.07, 6.45) is 3.05. The number of ether oxygens (including phenoxy) is 1. The monoisotopic (exact) mass is 436 g/mol. The van der Waals surface area contributed by atoms with Crippen molar-refractivity contribution in [2.75, 3.05) is 25.0 Å². The average Bonchev–Trinajstić information content (AvgIpc) is 3.13. The van der Waals surface area contributed by atoms with Crippen LogP contribution in [0, 0.1) is 11.3 Å².